The Morgan fingerprint density at radius 2 is 1.96 bits per heavy atom. The van der Waals surface area contributed by atoms with Crippen LogP contribution in [0.5, 0.6) is 11.5 Å². The highest BCUT2D eigenvalue weighted by molar-refractivity contribution is 6.35. The third kappa shape index (κ3) is 3.48. The van der Waals surface area contributed by atoms with Gasteiger partial charge in [-0.25, -0.2) is 0 Å². The summed E-state index contributed by atoms with van der Waals surface area (Å²) in [4.78, 5) is 0. The van der Waals surface area contributed by atoms with Crippen LogP contribution in [0.2, 0.25) is 0 Å². The van der Waals surface area contributed by atoms with Crippen LogP contribution in [0.25, 0.3) is 0 Å². The molecular formula is C19H23Cl2NO3. The Labute approximate surface area is 158 Å². The van der Waals surface area contributed by atoms with Crippen molar-refractivity contribution in [1.29, 1.82) is 0 Å². The molecular weight excluding hydrogens is 361 g/mol. The molecule has 0 aromatic heterocycles. The van der Waals surface area contributed by atoms with Gasteiger partial charge in [0.2, 0.25) is 0 Å². The van der Waals surface area contributed by atoms with Crippen LogP contribution in [-0.4, -0.2) is 24.4 Å². The first-order valence-electron chi connectivity index (χ1n) is 8.51. The van der Waals surface area contributed by atoms with Crippen molar-refractivity contribution >= 4 is 23.2 Å². The van der Waals surface area contributed by atoms with Crippen LogP contribution in [0.1, 0.15) is 38.2 Å². The molecule has 2 aliphatic rings. The van der Waals surface area contributed by atoms with E-state index >= 15 is 0 Å². The highest BCUT2D eigenvalue weighted by atomic mass is 35.5. The van der Waals surface area contributed by atoms with E-state index in [4.69, 9.17) is 32.7 Å². The van der Waals surface area contributed by atoms with E-state index < -0.39 is 11.6 Å². The first-order valence-corrected chi connectivity index (χ1v) is 9.27. The number of dihydropyridines is 1. The Morgan fingerprint density at radius 3 is 2.56 bits per heavy atom. The molecule has 0 spiro atoms. The molecule has 0 bridgehead atoms. The zero-order chi connectivity index (χ0) is 18.0. The number of aliphatic hydroxyl groups excluding tert-OH is 1. The van der Waals surface area contributed by atoms with E-state index in [1.165, 1.54) is 12.8 Å². The predicted molar refractivity (Wildman–Crippen MR) is 100 cm³/mol. The first kappa shape index (κ1) is 18.4. The molecule has 25 heavy (non-hydrogen) atoms. The molecule has 1 aliphatic carbocycles. The molecule has 2 unspecified atom stereocenters. The van der Waals surface area contributed by atoms with E-state index in [1.807, 2.05) is 18.2 Å². The van der Waals surface area contributed by atoms with Gasteiger partial charge < -0.3 is 19.9 Å². The minimum atomic E-state index is -0.972. The maximum absolute atomic E-state index is 10.5. The average molecular weight is 384 g/mol. The van der Waals surface area contributed by atoms with Gasteiger partial charge in [0.25, 0.3) is 0 Å². The minimum Gasteiger partial charge on any atom is -0.493 e. The van der Waals surface area contributed by atoms with Crippen LogP contribution in [-0.2, 0) is 5.54 Å². The molecule has 1 aromatic rings. The average Bonchev–Trinajstić information content (AvgIpc) is 3.08. The molecule has 4 nitrogen and oxygen atoms in total. The lowest BCUT2D eigenvalue weighted by atomic mass is 9.83. The molecule has 0 saturated heterocycles. The molecule has 6 heteroatoms. The second-order valence-electron chi connectivity index (χ2n) is 6.54. The lowest BCUT2D eigenvalue weighted by Gasteiger charge is -2.39. The van der Waals surface area contributed by atoms with Gasteiger partial charge in [-0.2, -0.15) is 0 Å². The Bertz CT molecular complexity index is 696. The summed E-state index contributed by atoms with van der Waals surface area (Å²) in [6, 6.07) is 5.61. The largest absolute Gasteiger partial charge is 0.493 e. The van der Waals surface area contributed by atoms with E-state index in [0.717, 1.165) is 18.4 Å². The van der Waals surface area contributed by atoms with Gasteiger partial charge in [-0.3, -0.25) is 0 Å². The molecule has 2 atom stereocenters. The predicted octanol–water partition coefficient (Wildman–Crippen LogP) is 4.40. The lowest BCUT2D eigenvalue weighted by Crippen LogP contribution is -2.50. The van der Waals surface area contributed by atoms with E-state index in [9.17, 15) is 5.11 Å². The van der Waals surface area contributed by atoms with Crippen molar-refractivity contribution in [2.45, 2.75) is 50.4 Å². The number of aliphatic hydroxyl groups is 1. The maximum atomic E-state index is 10.5. The number of ether oxygens (including phenoxy) is 2. The summed E-state index contributed by atoms with van der Waals surface area (Å²) in [5.74, 6) is 1.33. The molecule has 136 valence electrons. The summed E-state index contributed by atoms with van der Waals surface area (Å²) >= 11 is 12.5. The molecule has 1 heterocycles. The number of allylic oxidation sites excluding steroid dienone is 2. The summed E-state index contributed by atoms with van der Waals surface area (Å²) in [5.41, 5.74) is -0.182. The number of nitrogens with one attached hydrogen (secondary N) is 1. The molecule has 1 aliphatic heterocycles. The Morgan fingerprint density at radius 1 is 1.24 bits per heavy atom. The van der Waals surface area contributed by atoms with Crippen LogP contribution in [0.4, 0.5) is 0 Å². The molecule has 3 rings (SSSR count). The number of rotatable bonds is 5. The van der Waals surface area contributed by atoms with Gasteiger partial charge in [-0.1, -0.05) is 29.3 Å². The molecule has 0 radical (unpaired) electrons. The normalized spacial score (nSPS) is 25.0. The van der Waals surface area contributed by atoms with Crippen LogP contribution in [0, 0.1) is 0 Å². The topological polar surface area (TPSA) is 50.7 Å². The van der Waals surface area contributed by atoms with Crippen LogP contribution >= 0.6 is 23.2 Å². The zero-order valence-corrected chi connectivity index (χ0v) is 15.9. The highest BCUT2D eigenvalue weighted by Crippen LogP contribution is 2.42. The quantitative estimate of drug-likeness (QED) is 0.790. The van der Waals surface area contributed by atoms with Crippen LogP contribution in [0.3, 0.4) is 0 Å². The van der Waals surface area contributed by atoms with Crippen molar-refractivity contribution in [2.75, 3.05) is 7.11 Å². The Balaban J connectivity index is 2.01. The smallest absolute Gasteiger partial charge is 0.161 e. The third-order valence-corrected chi connectivity index (χ3v) is 5.55. The first-order chi connectivity index (χ1) is 12.0. The molecule has 1 aromatic carbocycles. The Hall–Kier alpha value is -1.36. The second kappa shape index (κ2) is 7.48. The summed E-state index contributed by atoms with van der Waals surface area (Å²) in [5, 5.41) is 14.6. The molecule has 0 amide bonds. The van der Waals surface area contributed by atoms with Crippen LogP contribution in [0.15, 0.2) is 40.5 Å². The minimum absolute atomic E-state index is 0.200. The van der Waals surface area contributed by atoms with Gasteiger partial charge in [0.05, 0.1) is 29.4 Å². The standard InChI is InChI=1S/C19H23Cl2NO3/c1-12(23)19(18(21)10-14(20)11-22-19)13-7-8-16(24-2)17(9-13)25-15-5-3-4-6-15/h7-12,15,22-23H,3-6H2,1-2H3. The summed E-state index contributed by atoms with van der Waals surface area (Å²) < 4.78 is 11.6. The number of halogens is 2. The molecule has 2 N–H and O–H groups in total. The fourth-order valence-electron chi connectivity index (χ4n) is 3.51. The van der Waals surface area contributed by atoms with E-state index in [0.29, 0.717) is 21.6 Å². The van der Waals surface area contributed by atoms with Gasteiger partial charge in [-0.15, -0.1) is 0 Å². The van der Waals surface area contributed by atoms with E-state index in [2.05, 4.69) is 5.32 Å². The van der Waals surface area contributed by atoms with Crippen molar-refractivity contribution in [3.8, 4) is 11.5 Å². The fraction of sp³-hybridized carbons (Fsp3) is 0.474. The zero-order valence-electron chi connectivity index (χ0n) is 14.4. The van der Waals surface area contributed by atoms with Crippen molar-refractivity contribution in [3.63, 3.8) is 0 Å². The Kier molecular flexibility index (Phi) is 5.52. The van der Waals surface area contributed by atoms with Gasteiger partial charge in [0.1, 0.15) is 5.54 Å². The van der Waals surface area contributed by atoms with Crippen molar-refractivity contribution in [3.05, 3.63) is 46.1 Å². The highest BCUT2D eigenvalue weighted by Gasteiger charge is 2.42. The number of benzene rings is 1. The molecule has 1 fully saturated rings. The van der Waals surface area contributed by atoms with Gasteiger partial charge in [0.15, 0.2) is 11.5 Å². The summed E-state index contributed by atoms with van der Waals surface area (Å²) in [6.45, 7) is 1.69. The number of methoxy groups -OCH3 is 1. The van der Waals surface area contributed by atoms with Crippen molar-refractivity contribution in [2.24, 2.45) is 0 Å². The van der Waals surface area contributed by atoms with Gasteiger partial charge in [0, 0.05) is 6.20 Å². The van der Waals surface area contributed by atoms with Gasteiger partial charge in [-0.05, 0) is 56.4 Å². The van der Waals surface area contributed by atoms with Gasteiger partial charge >= 0.3 is 0 Å². The third-order valence-electron chi connectivity index (χ3n) is 4.92. The maximum Gasteiger partial charge on any atom is 0.161 e. The monoisotopic (exact) mass is 383 g/mol. The summed E-state index contributed by atoms with van der Waals surface area (Å²) in [6.07, 6.45) is 7.16. The second-order valence-corrected chi connectivity index (χ2v) is 7.38. The number of hydrogen-bond acceptors (Lipinski definition) is 4. The van der Waals surface area contributed by atoms with Crippen LogP contribution < -0.4 is 14.8 Å². The van der Waals surface area contributed by atoms with E-state index in [-0.39, 0.29) is 6.10 Å². The lowest BCUT2D eigenvalue weighted by molar-refractivity contribution is 0.107. The SMILES string of the molecule is COc1ccc(C2(C(C)O)NC=C(Cl)C=C2Cl)cc1OC1CCCC1. The summed E-state index contributed by atoms with van der Waals surface area (Å²) in [7, 11) is 1.62. The van der Waals surface area contributed by atoms with E-state index in [1.54, 1.807) is 26.3 Å². The van der Waals surface area contributed by atoms with Crippen molar-refractivity contribution in [1.82, 2.24) is 5.32 Å². The van der Waals surface area contributed by atoms with Crippen molar-refractivity contribution < 1.29 is 14.6 Å². The fourth-order valence-corrected chi connectivity index (χ4v) is 4.17. The number of hydrogen-bond donors (Lipinski definition) is 2. The molecule has 1 saturated carbocycles.